The third kappa shape index (κ3) is 1.26. The zero-order valence-electron chi connectivity index (χ0n) is 6.46. The zero-order chi connectivity index (χ0) is 10.3. The van der Waals surface area contributed by atoms with Crippen LogP contribution in [0, 0.1) is 0 Å². The second kappa shape index (κ2) is 2.60. The fourth-order valence-corrected chi connectivity index (χ4v) is 1.01. The lowest BCUT2D eigenvalue weighted by molar-refractivity contribution is -0.140. The van der Waals surface area contributed by atoms with Gasteiger partial charge in [0.2, 0.25) is 5.58 Å². The van der Waals surface area contributed by atoms with E-state index < -0.39 is 23.3 Å². The van der Waals surface area contributed by atoms with Gasteiger partial charge in [-0.2, -0.15) is 13.2 Å². The summed E-state index contributed by atoms with van der Waals surface area (Å²) in [5.74, 6) is -1.18. The number of fused-ring (bicyclic) bond motifs is 1. The molecule has 7 heteroatoms. The van der Waals surface area contributed by atoms with Crippen LogP contribution in [0.2, 0.25) is 0 Å². The van der Waals surface area contributed by atoms with Gasteiger partial charge in [0.15, 0.2) is 11.3 Å². The van der Waals surface area contributed by atoms with Crippen molar-refractivity contribution in [3.63, 3.8) is 0 Å². The highest BCUT2D eigenvalue weighted by molar-refractivity contribution is 5.72. The van der Waals surface area contributed by atoms with Crippen LogP contribution in [0.25, 0.3) is 11.2 Å². The Morgan fingerprint density at radius 2 is 2.00 bits per heavy atom. The number of alkyl halides is 3. The van der Waals surface area contributed by atoms with Gasteiger partial charge in [0.05, 0.1) is 0 Å². The molecule has 0 N–H and O–H groups in total. The van der Waals surface area contributed by atoms with E-state index in [2.05, 4.69) is 13.8 Å². The number of halogens is 3. The number of aromatic nitrogens is 1. The van der Waals surface area contributed by atoms with Gasteiger partial charge in [0, 0.05) is 12.3 Å². The molecule has 0 bridgehead atoms. The van der Waals surface area contributed by atoms with Crippen molar-refractivity contribution in [2.24, 2.45) is 0 Å². The second-order valence-electron chi connectivity index (χ2n) is 2.44. The molecular weight excluding hydrogens is 203 g/mol. The topological polar surface area (TPSA) is 56.2 Å². The van der Waals surface area contributed by atoms with E-state index in [0.717, 1.165) is 12.3 Å². The maximum Gasteiger partial charge on any atom is 0.519 e. The van der Waals surface area contributed by atoms with Crippen molar-refractivity contribution in [3.05, 3.63) is 28.6 Å². The van der Waals surface area contributed by atoms with Gasteiger partial charge in [-0.05, 0) is 0 Å². The van der Waals surface area contributed by atoms with Crippen molar-refractivity contribution in [2.75, 3.05) is 0 Å². The normalized spacial score (nSPS) is 12.2. The van der Waals surface area contributed by atoms with Crippen LogP contribution in [0.5, 0.6) is 0 Å². The predicted octanol–water partition coefficient (Wildman–Crippen LogP) is 1.80. The summed E-state index contributed by atoms with van der Waals surface area (Å²) in [5.41, 5.74) is -2.21. The maximum atomic E-state index is 12.3. The van der Waals surface area contributed by atoms with Gasteiger partial charge in [0.1, 0.15) is 0 Å². The molecule has 0 aliphatic carbocycles. The van der Waals surface area contributed by atoms with Crippen LogP contribution in [0.3, 0.4) is 0 Å². The Kier molecular flexibility index (Phi) is 1.63. The quantitative estimate of drug-likeness (QED) is 0.657. The van der Waals surface area contributed by atoms with E-state index in [0.29, 0.717) is 0 Å². The summed E-state index contributed by atoms with van der Waals surface area (Å²) in [6.45, 7) is 0. The van der Waals surface area contributed by atoms with E-state index in [1.807, 2.05) is 0 Å². The van der Waals surface area contributed by atoms with Crippen molar-refractivity contribution in [2.45, 2.75) is 6.18 Å². The summed E-state index contributed by atoms with van der Waals surface area (Å²) < 4.78 is 45.3. The molecule has 0 amide bonds. The zero-order valence-corrected chi connectivity index (χ0v) is 6.46. The molecule has 0 aliphatic rings. The molecule has 0 atom stereocenters. The Morgan fingerprint density at radius 3 is 2.64 bits per heavy atom. The van der Waals surface area contributed by atoms with Crippen LogP contribution in [0.1, 0.15) is 5.69 Å². The summed E-state index contributed by atoms with van der Waals surface area (Å²) in [6, 6.07) is 1.12. The average Bonchev–Trinajstić information content (AvgIpc) is 2.41. The van der Waals surface area contributed by atoms with Crippen molar-refractivity contribution < 1.29 is 22.0 Å². The summed E-state index contributed by atoms with van der Waals surface area (Å²) in [4.78, 5) is 13.6. The Labute approximate surface area is 74.0 Å². The first kappa shape index (κ1) is 8.79. The van der Waals surface area contributed by atoms with E-state index in [4.69, 9.17) is 0 Å². The molecule has 0 fully saturated rings. The van der Waals surface area contributed by atoms with Gasteiger partial charge in [-0.15, -0.1) is 0 Å². The molecule has 2 aromatic rings. The molecule has 0 saturated heterocycles. The molecule has 4 nitrogen and oxygen atoms in total. The monoisotopic (exact) mass is 205 g/mol. The minimum Gasteiger partial charge on any atom is -0.391 e. The Morgan fingerprint density at radius 1 is 1.29 bits per heavy atom. The number of pyridine rings is 1. The van der Waals surface area contributed by atoms with Gasteiger partial charge in [-0.3, -0.25) is 0 Å². The molecule has 2 heterocycles. The average molecular weight is 205 g/mol. The van der Waals surface area contributed by atoms with E-state index in [9.17, 15) is 18.0 Å². The van der Waals surface area contributed by atoms with Gasteiger partial charge in [-0.25, -0.2) is 9.78 Å². The molecule has 0 aliphatic heterocycles. The van der Waals surface area contributed by atoms with E-state index in [1.165, 1.54) is 0 Å². The molecule has 2 aromatic heterocycles. The molecule has 0 aromatic carbocycles. The summed E-state index contributed by atoms with van der Waals surface area (Å²) in [5, 5.41) is 0. The molecule has 0 unspecified atom stereocenters. The largest absolute Gasteiger partial charge is 0.519 e. The first-order chi connectivity index (χ1) is 6.48. The molecular formula is C7H2F3NO3. The van der Waals surface area contributed by atoms with Crippen molar-refractivity contribution in [1.29, 1.82) is 0 Å². The number of nitrogens with zero attached hydrogens (tertiary/aromatic N) is 1. The summed E-state index contributed by atoms with van der Waals surface area (Å²) >= 11 is 0. The number of hydrogen-bond acceptors (Lipinski definition) is 4. The minimum atomic E-state index is -4.67. The lowest BCUT2D eigenvalue weighted by Gasteiger charge is -2.03. The summed E-state index contributed by atoms with van der Waals surface area (Å²) in [7, 11) is 0. The molecule has 2 rings (SSSR count). The van der Waals surface area contributed by atoms with Crippen molar-refractivity contribution in [1.82, 2.24) is 4.98 Å². The predicted molar refractivity (Wildman–Crippen MR) is 37.5 cm³/mol. The smallest absolute Gasteiger partial charge is 0.391 e. The Bertz CT molecular complexity index is 525. The van der Waals surface area contributed by atoms with Crippen LogP contribution in [0.15, 0.2) is 25.9 Å². The lowest BCUT2D eigenvalue weighted by atomic mass is 10.3. The van der Waals surface area contributed by atoms with Gasteiger partial charge in [0.25, 0.3) is 0 Å². The fraction of sp³-hybridized carbons (Fsp3) is 0.143. The van der Waals surface area contributed by atoms with Gasteiger partial charge < -0.3 is 8.83 Å². The van der Waals surface area contributed by atoms with Crippen molar-refractivity contribution >= 4 is 11.2 Å². The SMILES string of the molecule is O=c1oc2ccnc(C(F)(F)F)c2o1. The van der Waals surface area contributed by atoms with Crippen molar-refractivity contribution in [3.8, 4) is 0 Å². The number of rotatable bonds is 0. The lowest BCUT2D eigenvalue weighted by Crippen LogP contribution is -2.07. The number of hydrogen-bond donors (Lipinski definition) is 0. The molecule has 14 heavy (non-hydrogen) atoms. The highest BCUT2D eigenvalue weighted by atomic mass is 19.4. The van der Waals surface area contributed by atoms with E-state index >= 15 is 0 Å². The van der Waals surface area contributed by atoms with Crippen LogP contribution in [-0.4, -0.2) is 4.98 Å². The van der Waals surface area contributed by atoms with Gasteiger partial charge in [-0.1, -0.05) is 0 Å². The molecule has 0 spiro atoms. The first-order valence-electron chi connectivity index (χ1n) is 3.44. The minimum absolute atomic E-state index is 0.266. The third-order valence-electron chi connectivity index (χ3n) is 1.52. The van der Waals surface area contributed by atoms with Crippen LogP contribution >= 0.6 is 0 Å². The standard InChI is InChI=1S/C7H2F3NO3/c8-7(9,10)5-4-3(1-2-11-5)13-6(12)14-4/h1-2H. The Balaban J connectivity index is 2.83. The van der Waals surface area contributed by atoms with E-state index in [1.54, 1.807) is 0 Å². The highest BCUT2D eigenvalue weighted by Crippen LogP contribution is 2.32. The van der Waals surface area contributed by atoms with Gasteiger partial charge >= 0.3 is 12.0 Å². The Hall–Kier alpha value is -1.79. The molecule has 0 radical (unpaired) electrons. The van der Waals surface area contributed by atoms with Crippen LogP contribution in [0.4, 0.5) is 13.2 Å². The van der Waals surface area contributed by atoms with Crippen LogP contribution in [-0.2, 0) is 6.18 Å². The molecule has 0 saturated carbocycles. The fourth-order valence-electron chi connectivity index (χ4n) is 1.01. The first-order valence-corrected chi connectivity index (χ1v) is 3.44. The second-order valence-corrected chi connectivity index (χ2v) is 2.44. The van der Waals surface area contributed by atoms with Crippen LogP contribution < -0.4 is 5.82 Å². The maximum absolute atomic E-state index is 12.3. The molecule has 74 valence electrons. The van der Waals surface area contributed by atoms with E-state index in [-0.39, 0.29) is 5.58 Å². The third-order valence-corrected chi connectivity index (χ3v) is 1.52. The highest BCUT2D eigenvalue weighted by Gasteiger charge is 2.36. The summed E-state index contributed by atoms with van der Waals surface area (Å²) in [6.07, 6.45) is -3.77.